The first-order valence-electron chi connectivity index (χ1n) is 10.4. The molecule has 7 nitrogen and oxygen atoms in total. The number of alkyl halides is 5. The molecule has 0 amide bonds. The number of carbonyl (C=O) groups excluding carboxylic acids is 1. The van der Waals surface area contributed by atoms with Crippen LogP contribution in [0.1, 0.15) is 53.1 Å². The van der Waals surface area contributed by atoms with Gasteiger partial charge in [-0.1, -0.05) is 6.07 Å². The van der Waals surface area contributed by atoms with Crippen LogP contribution < -0.4 is 14.8 Å². The number of nitrogens with zero attached hydrogens (tertiary/aromatic N) is 3. The molecule has 0 saturated heterocycles. The number of hydrogen-bond acceptors (Lipinski definition) is 6. The highest BCUT2D eigenvalue weighted by Crippen LogP contribution is 2.42. The third-order valence-electron chi connectivity index (χ3n) is 5.62. The maximum atomic E-state index is 13.5. The van der Waals surface area contributed by atoms with Crippen LogP contribution in [0.3, 0.4) is 0 Å². The highest BCUT2D eigenvalue weighted by Gasteiger charge is 2.44. The van der Waals surface area contributed by atoms with Gasteiger partial charge in [0.25, 0.3) is 0 Å². The van der Waals surface area contributed by atoms with Crippen LogP contribution in [0.5, 0.6) is 11.5 Å². The number of fused-ring (bicyclic) bond motifs is 2. The van der Waals surface area contributed by atoms with Crippen molar-refractivity contribution in [2.75, 3.05) is 5.32 Å². The van der Waals surface area contributed by atoms with Crippen molar-refractivity contribution >= 4 is 11.6 Å². The lowest BCUT2D eigenvalue weighted by Gasteiger charge is -2.17. The van der Waals surface area contributed by atoms with Gasteiger partial charge in [0.15, 0.2) is 23.0 Å². The van der Waals surface area contributed by atoms with Crippen molar-refractivity contribution in [2.24, 2.45) is 0 Å². The summed E-state index contributed by atoms with van der Waals surface area (Å²) in [6.07, 6.45) is -6.45. The third kappa shape index (κ3) is 3.93. The minimum absolute atomic E-state index is 0.0690. The summed E-state index contributed by atoms with van der Waals surface area (Å²) in [6.45, 7) is 1.74. The van der Waals surface area contributed by atoms with Crippen LogP contribution in [0.4, 0.5) is 27.8 Å². The molecule has 0 fully saturated rings. The van der Waals surface area contributed by atoms with E-state index in [0.29, 0.717) is 12.0 Å². The van der Waals surface area contributed by atoms with Gasteiger partial charge < -0.3 is 14.8 Å². The molecule has 34 heavy (non-hydrogen) atoms. The molecule has 1 aliphatic carbocycles. The standard InChI is InChI=1S/C22H17F5N4O3/c1-11(12-5-6-16-17(9-12)34-22(26,27)33-16)29-18-10-13(7-8-28-18)31-19-14(3-2-4-15(19)32)20(30-31)21(23,24)25/h5-11H,2-4H2,1H3,(H,28,29). The number of halogens is 5. The zero-order valence-corrected chi connectivity index (χ0v) is 17.6. The van der Waals surface area contributed by atoms with Crippen LogP contribution in [-0.2, 0) is 12.6 Å². The number of pyridine rings is 1. The highest BCUT2D eigenvalue weighted by molar-refractivity contribution is 5.97. The molecule has 3 aromatic rings. The molecule has 0 spiro atoms. The number of Topliss-reactive ketones (excluding diaryl/α,β-unsaturated/α-hetero) is 1. The molecule has 0 radical (unpaired) electrons. The number of rotatable bonds is 4. The fraction of sp³-hybridized carbons (Fsp3) is 0.318. The molecule has 12 heteroatoms. The van der Waals surface area contributed by atoms with Gasteiger partial charge in [-0.3, -0.25) is 4.79 Å². The number of benzene rings is 1. The Labute approximate surface area is 189 Å². The van der Waals surface area contributed by atoms with Gasteiger partial charge in [-0.25, -0.2) is 9.67 Å². The summed E-state index contributed by atoms with van der Waals surface area (Å²) in [5, 5.41) is 6.79. The molecule has 5 rings (SSSR count). The van der Waals surface area contributed by atoms with Gasteiger partial charge >= 0.3 is 12.5 Å². The second-order valence-electron chi connectivity index (χ2n) is 8.00. The summed E-state index contributed by atoms with van der Waals surface area (Å²) < 4.78 is 77.0. The summed E-state index contributed by atoms with van der Waals surface area (Å²) in [5.41, 5.74) is -0.413. The SMILES string of the molecule is CC(Nc1cc(-n2nc(C(F)(F)F)c3c2C(=O)CCC3)ccn1)c1ccc2c(c1)OC(F)(F)O2. The normalized spacial score (nSPS) is 17.4. The Kier molecular flexibility index (Phi) is 4.99. The number of nitrogens with one attached hydrogen (secondary N) is 1. The monoisotopic (exact) mass is 480 g/mol. The highest BCUT2D eigenvalue weighted by atomic mass is 19.4. The zero-order chi connectivity index (χ0) is 24.3. The van der Waals surface area contributed by atoms with E-state index in [9.17, 15) is 26.7 Å². The lowest BCUT2D eigenvalue weighted by molar-refractivity contribution is -0.286. The van der Waals surface area contributed by atoms with Gasteiger partial charge in [-0.2, -0.15) is 18.3 Å². The molecule has 1 aliphatic heterocycles. The quantitative estimate of drug-likeness (QED) is 0.511. The lowest BCUT2D eigenvalue weighted by atomic mass is 9.94. The number of anilines is 1. The van der Waals surface area contributed by atoms with E-state index in [4.69, 9.17) is 0 Å². The fourth-order valence-electron chi connectivity index (χ4n) is 4.10. The van der Waals surface area contributed by atoms with Crippen molar-refractivity contribution in [1.82, 2.24) is 14.8 Å². The molecular weight excluding hydrogens is 463 g/mol. The average molecular weight is 480 g/mol. The Bertz CT molecular complexity index is 1290. The van der Waals surface area contributed by atoms with Crippen molar-refractivity contribution in [3.63, 3.8) is 0 Å². The molecule has 1 atom stereocenters. The first kappa shape index (κ1) is 22.1. The van der Waals surface area contributed by atoms with Crippen LogP contribution >= 0.6 is 0 Å². The van der Waals surface area contributed by atoms with E-state index in [1.54, 1.807) is 13.0 Å². The Hall–Kier alpha value is -3.70. The maximum absolute atomic E-state index is 13.5. The topological polar surface area (TPSA) is 78.3 Å². The van der Waals surface area contributed by atoms with E-state index in [1.807, 2.05) is 0 Å². The van der Waals surface area contributed by atoms with Gasteiger partial charge in [0, 0.05) is 24.2 Å². The molecule has 1 aromatic carbocycles. The van der Waals surface area contributed by atoms with Crippen molar-refractivity contribution in [1.29, 1.82) is 0 Å². The summed E-state index contributed by atoms with van der Waals surface area (Å²) in [6, 6.07) is 6.80. The molecule has 178 valence electrons. The molecule has 0 bridgehead atoms. The van der Waals surface area contributed by atoms with Gasteiger partial charge in [-0.15, -0.1) is 8.78 Å². The first-order chi connectivity index (χ1) is 16.0. The molecule has 2 aliphatic rings. The Morgan fingerprint density at radius 1 is 1.12 bits per heavy atom. The molecular formula is C22H17F5N4O3. The first-order valence-corrected chi connectivity index (χ1v) is 10.4. The minimum atomic E-state index is -4.69. The lowest BCUT2D eigenvalue weighted by Crippen LogP contribution is -2.25. The number of hydrogen-bond donors (Lipinski definition) is 1. The van der Waals surface area contributed by atoms with E-state index in [1.165, 1.54) is 30.5 Å². The largest absolute Gasteiger partial charge is 0.586 e. The van der Waals surface area contributed by atoms with Crippen molar-refractivity contribution in [3.8, 4) is 17.2 Å². The van der Waals surface area contributed by atoms with E-state index >= 15 is 0 Å². The number of carbonyl (C=O) groups is 1. The van der Waals surface area contributed by atoms with Crippen LogP contribution in [0, 0.1) is 0 Å². The van der Waals surface area contributed by atoms with Crippen LogP contribution in [0.25, 0.3) is 5.69 Å². The molecule has 2 aromatic heterocycles. The van der Waals surface area contributed by atoms with E-state index in [-0.39, 0.29) is 47.1 Å². The Morgan fingerprint density at radius 2 is 1.88 bits per heavy atom. The van der Waals surface area contributed by atoms with Gasteiger partial charge in [0.05, 0.1) is 11.7 Å². The van der Waals surface area contributed by atoms with Crippen LogP contribution in [0.2, 0.25) is 0 Å². The van der Waals surface area contributed by atoms with Crippen LogP contribution in [0.15, 0.2) is 36.5 Å². The van der Waals surface area contributed by atoms with Crippen LogP contribution in [-0.4, -0.2) is 26.8 Å². The van der Waals surface area contributed by atoms with Crippen molar-refractivity contribution in [3.05, 3.63) is 59.0 Å². The smallest absolute Gasteiger partial charge is 0.395 e. The van der Waals surface area contributed by atoms with Crippen molar-refractivity contribution < 1.29 is 36.2 Å². The predicted octanol–water partition coefficient (Wildman–Crippen LogP) is 5.30. The molecule has 0 saturated carbocycles. The molecule has 1 N–H and O–H groups in total. The number of ether oxygens (including phenoxy) is 2. The predicted molar refractivity (Wildman–Crippen MR) is 108 cm³/mol. The summed E-state index contributed by atoms with van der Waals surface area (Å²) in [4.78, 5) is 16.6. The van der Waals surface area contributed by atoms with Crippen molar-refractivity contribution in [2.45, 2.75) is 44.7 Å². The Balaban J connectivity index is 1.44. The third-order valence-corrected chi connectivity index (χ3v) is 5.62. The Morgan fingerprint density at radius 3 is 2.65 bits per heavy atom. The second kappa shape index (κ2) is 7.67. The summed E-state index contributed by atoms with van der Waals surface area (Å²) in [7, 11) is 0. The van der Waals surface area contributed by atoms with Gasteiger partial charge in [0.2, 0.25) is 0 Å². The molecule has 3 heterocycles. The maximum Gasteiger partial charge on any atom is 0.586 e. The fourth-order valence-corrected chi connectivity index (χ4v) is 4.10. The number of ketones is 1. The summed E-state index contributed by atoms with van der Waals surface area (Å²) in [5.74, 6) is -0.316. The average Bonchev–Trinajstić information content (AvgIpc) is 3.30. The van der Waals surface area contributed by atoms with E-state index < -0.39 is 30.0 Å². The van der Waals surface area contributed by atoms with Gasteiger partial charge in [-0.05, 0) is 43.5 Å². The minimum Gasteiger partial charge on any atom is -0.395 e. The second-order valence-corrected chi connectivity index (χ2v) is 8.00. The molecule has 1 unspecified atom stereocenters. The van der Waals surface area contributed by atoms with E-state index in [2.05, 4.69) is 24.9 Å². The zero-order valence-electron chi connectivity index (χ0n) is 17.6. The summed E-state index contributed by atoms with van der Waals surface area (Å²) >= 11 is 0. The van der Waals surface area contributed by atoms with Gasteiger partial charge in [0.1, 0.15) is 11.5 Å². The van der Waals surface area contributed by atoms with E-state index in [0.717, 1.165) is 4.68 Å². The number of aromatic nitrogens is 3.